The van der Waals surface area contributed by atoms with Crippen LogP contribution in [0, 0.1) is 0 Å². The third kappa shape index (κ3) is 6.37. The zero-order chi connectivity index (χ0) is 24.4. The van der Waals surface area contributed by atoms with Crippen LogP contribution in [0.1, 0.15) is 56.7 Å². The first-order chi connectivity index (χ1) is 15.4. The number of aromatic nitrogens is 2. The number of carbonyl (C=O) groups is 1. The Morgan fingerprint density at radius 1 is 1.30 bits per heavy atom. The van der Waals surface area contributed by atoms with E-state index >= 15 is 0 Å². The lowest BCUT2D eigenvalue weighted by Gasteiger charge is -2.29. The second-order valence-corrected chi connectivity index (χ2v) is 9.06. The van der Waals surface area contributed by atoms with E-state index in [1.807, 2.05) is 52.0 Å². The van der Waals surface area contributed by atoms with Crippen molar-refractivity contribution in [3.05, 3.63) is 58.5 Å². The van der Waals surface area contributed by atoms with Crippen LogP contribution >= 0.6 is 11.6 Å². The van der Waals surface area contributed by atoms with Crippen molar-refractivity contribution in [3.8, 4) is 0 Å². The second-order valence-electron chi connectivity index (χ2n) is 8.70. The number of alkyl halides is 3. The van der Waals surface area contributed by atoms with Crippen LogP contribution in [0.25, 0.3) is 0 Å². The standard InChI is InChI=1S/C23H26ClF3N4O2/c1-5-14-12-16(15-8-10-31(11-9-15)21(32)33-22(2,3)4)6-7-18(14)29-20-28-13-17(19(24)30-20)23(25,26)27/h6-8,10,12-13,15H,5,9,11H2,1-4H3,(H,28,29,30). The van der Waals surface area contributed by atoms with Gasteiger partial charge in [-0.2, -0.15) is 13.2 Å². The molecule has 2 aromatic rings. The maximum absolute atomic E-state index is 12.9. The van der Waals surface area contributed by atoms with E-state index < -0.39 is 22.5 Å². The first kappa shape index (κ1) is 24.8. The van der Waals surface area contributed by atoms with Crippen molar-refractivity contribution in [2.24, 2.45) is 0 Å². The number of anilines is 2. The molecule has 1 aromatic carbocycles. The SMILES string of the molecule is CCc1cc(C2C=CN(C(=O)OC(C)(C)C)CC2)ccc1Nc1ncc(C(F)(F)F)c(Cl)n1. The van der Waals surface area contributed by atoms with Crippen molar-refractivity contribution in [3.63, 3.8) is 0 Å². The summed E-state index contributed by atoms with van der Waals surface area (Å²) < 4.78 is 44.0. The molecular formula is C23H26ClF3N4O2. The predicted octanol–water partition coefficient (Wildman–Crippen LogP) is 6.69. The van der Waals surface area contributed by atoms with Gasteiger partial charge in [-0.15, -0.1) is 0 Å². The summed E-state index contributed by atoms with van der Waals surface area (Å²) in [6, 6.07) is 5.81. The van der Waals surface area contributed by atoms with Gasteiger partial charge in [0.05, 0.1) is 0 Å². The normalized spacial score (nSPS) is 16.6. The van der Waals surface area contributed by atoms with Crippen molar-refractivity contribution >= 4 is 29.3 Å². The topological polar surface area (TPSA) is 67.3 Å². The Bertz CT molecular complexity index is 1050. The molecule has 178 valence electrons. The summed E-state index contributed by atoms with van der Waals surface area (Å²) >= 11 is 5.69. The van der Waals surface area contributed by atoms with Gasteiger partial charge < -0.3 is 10.1 Å². The minimum atomic E-state index is -4.61. The van der Waals surface area contributed by atoms with E-state index in [4.69, 9.17) is 16.3 Å². The van der Waals surface area contributed by atoms with E-state index in [0.717, 1.165) is 17.5 Å². The van der Waals surface area contributed by atoms with E-state index in [-0.39, 0.29) is 18.0 Å². The summed E-state index contributed by atoms with van der Waals surface area (Å²) in [7, 11) is 0. The number of ether oxygens (including phenoxy) is 1. The van der Waals surface area contributed by atoms with Crippen LogP contribution in [0.15, 0.2) is 36.7 Å². The maximum Gasteiger partial charge on any atom is 0.420 e. The molecule has 1 unspecified atom stereocenters. The quantitative estimate of drug-likeness (QED) is 0.491. The summed E-state index contributed by atoms with van der Waals surface area (Å²) in [6.07, 6.45) is 0.820. The molecule has 0 bridgehead atoms. The number of amides is 1. The van der Waals surface area contributed by atoms with E-state index in [1.165, 1.54) is 0 Å². The molecule has 0 aliphatic carbocycles. The van der Waals surface area contributed by atoms with Crippen LogP contribution in [-0.4, -0.2) is 33.1 Å². The maximum atomic E-state index is 12.9. The van der Waals surface area contributed by atoms with Crippen LogP contribution in [0.2, 0.25) is 5.15 Å². The van der Waals surface area contributed by atoms with Crippen molar-refractivity contribution in [2.45, 2.75) is 58.2 Å². The van der Waals surface area contributed by atoms with Gasteiger partial charge in [-0.05, 0) is 50.8 Å². The number of halogens is 4. The molecule has 33 heavy (non-hydrogen) atoms. The first-order valence-corrected chi connectivity index (χ1v) is 10.9. The summed E-state index contributed by atoms with van der Waals surface area (Å²) in [5, 5.41) is 2.30. The van der Waals surface area contributed by atoms with E-state index in [0.29, 0.717) is 24.8 Å². The van der Waals surface area contributed by atoms with E-state index in [2.05, 4.69) is 15.3 Å². The molecule has 1 N–H and O–H groups in total. The minimum Gasteiger partial charge on any atom is -0.443 e. The van der Waals surface area contributed by atoms with Gasteiger partial charge >= 0.3 is 12.3 Å². The number of hydrogen-bond donors (Lipinski definition) is 1. The molecule has 0 saturated heterocycles. The number of hydrogen-bond acceptors (Lipinski definition) is 5. The predicted molar refractivity (Wildman–Crippen MR) is 121 cm³/mol. The zero-order valence-corrected chi connectivity index (χ0v) is 19.6. The van der Waals surface area contributed by atoms with E-state index in [1.54, 1.807) is 11.1 Å². The molecular weight excluding hydrogens is 457 g/mol. The molecule has 1 aliphatic heterocycles. The average molecular weight is 483 g/mol. The van der Waals surface area contributed by atoms with Crippen LogP contribution < -0.4 is 5.32 Å². The average Bonchev–Trinajstić information content (AvgIpc) is 2.72. The van der Waals surface area contributed by atoms with Gasteiger partial charge in [0.25, 0.3) is 0 Å². The Morgan fingerprint density at radius 3 is 2.58 bits per heavy atom. The van der Waals surface area contributed by atoms with Gasteiger partial charge in [0, 0.05) is 30.5 Å². The van der Waals surface area contributed by atoms with Crippen LogP contribution in [0.4, 0.5) is 29.6 Å². The van der Waals surface area contributed by atoms with Gasteiger partial charge in [-0.25, -0.2) is 14.8 Å². The Kier molecular flexibility index (Phi) is 7.21. The Labute approximate surface area is 195 Å². The van der Waals surface area contributed by atoms with Gasteiger partial charge in [0.15, 0.2) is 0 Å². The molecule has 1 atom stereocenters. The van der Waals surface area contributed by atoms with E-state index in [9.17, 15) is 18.0 Å². The molecule has 3 rings (SSSR count). The monoisotopic (exact) mass is 482 g/mol. The van der Waals surface area contributed by atoms with Crippen molar-refractivity contribution in [1.82, 2.24) is 14.9 Å². The molecule has 1 amide bonds. The fourth-order valence-electron chi connectivity index (χ4n) is 3.40. The van der Waals surface area contributed by atoms with Crippen LogP contribution in [0.5, 0.6) is 0 Å². The zero-order valence-electron chi connectivity index (χ0n) is 18.8. The number of allylic oxidation sites excluding steroid dienone is 1. The third-order valence-corrected chi connectivity index (χ3v) is 5.33. The largest absolute Gasteiger partial charge is 0.443 e. The lowest BCUT2D eigenvalue weighted by Crippen LogP contribution is -2.36. The molecule has 6 nitrogen and oxygen atoms in total. The first-order valence-electron chi connectivity index (χ1n) is 10.5. The Hall–Kier alpha value is -2.81. The molecule has 10 heteroatoms. The molecule has 1 aliphatic rings. The van der Waals surface area contributed by atoms with Crippen LogP contribution in [0.3, 0.4) is 0 Å². The summed E-state index contributed by atoms with van der Waals surface area (Å²) in [4.78, 5) is 21.3. The van der Waals surface area contributed by atoms with Crippen molar-refractivity contribution in [1.29, 1.82) is 0 Å². The van der Waals surface area contributed by atoms with Gasteiger partial charge in [-0.1, -0.05) is 36.7 Å². The Morgan fingerprint density at radius 2 is 2.03 bits per heavy atom. The number of rotatable bonds is 4. The van der Waals surface area contributed by atoms with Gasteiger partial charge in [0.1, 0.15) is 16.3 Å². The number of aryl methyl sites for hydroxylation is 1. The highest BCUT2D eigenvalue weighted by molar-refractivity contribution is 6.30. The molecule has 0 radical (unpaired) electrons. The molecule has 1 aromatic heterocycles. The number of nitrogens with one attached hydrogen (secondary N) is 1. The molecule has 2 heterocycles. The lowest BCUT2D eigenvalue weighted by atomic mass is 9.91. The highest BCUT2D eigenvalue weighted by Crippen LogP contribution is 2.34. The number of nitrogens with zero attached hydrogens (tertiary/aromatic N) is 3. The second kappa shape index (κ2) is 9.59. The van der Waals surface area contributed by atoms with Crippen LogP contribution in [-0.2, 0) is 17.3 Å². The highest BCUT2D eigenvalue weighted by Gasteiger charge is 2.34. The molecule has 0 saturated carbocycles. The smallest absolute Gasteiger partial charge is 0.420 e. The molecule has 0 fully saturated rings. The minimum absolute atomic E-state index is 0.0129. The highest BCUT2D eigenvalue weighted by atomic mass is 35.5. The fourth-order valence-corrected chi connectivity index (χ4v) is 3.63. The summed E-state index contributed by atoms with van der Waals surface area (Å²) in [6.45, 7) is 7.99. The lowest BCUT2D eigenvalue weighted by molar-refractivity contribution is -0.137. The van der Waals surface area contributed by atoms with Crippen molar-refractivity contribution < 1.29 is 22.7 Å². The van der Waals surface area contributed by atoms with Gasteiger partial charge in [-0.3, -0.25) is 4.90 Å². The molecule has 0 spiro atoms. The number of benzene rings is 1. The Balaban J connectivity index is 1.74. The summed E-state index contributed by atoms with van der Waals surface area (Å²) in [5.41, 5.74) is 1.08. The number of carbonyl (C=O) groups excluding carboxylic acids is 1. The summed E-state index contributed by atoms with van der Waals surface area (Å²) in [5.74, 6) is 0.112. The fraction of sp³-hybridized carbons (Fsp3) is 0.435. The third-order valence-electron chi connectivity index (χ3n) is 5.04. The van der Waals surface area contributed by atoms with Crippen molar-refractivity contribution in [2.75, 3.05) is 11.9 Å². The van der Waals surface area contributed by atoms with Gasteiger partial charge in [0.2, 0.25) is 5.95 Å².